The van der Waals surface area contributed by atoms with Gasteiger partial charge in [0.2, 0.25) is 0 Å². The fourth-order valence-corrected chi connectivity index (χ4v) is 5.09. The zero-order valence-electron chi connectivity index (χ0n) is 22.8. The summed E-state index contributed by atoms with van der Waals surface area (Å²) in [6, 6.07) is 13.6. The van der Waals surface area contributed by atoms with Gasteiger partial charge in [0.25, 0.3) is 0 Å². The van der Waals surface area contributed by atoms with Gasteiger partial charge in [-0.2, -0.15) is 5.10 Å². The van der Waals surface area contributed by atoms with Crippen LogP contribution in [0, 0.1) is 5.41 Å². The van der Waals surface area contributed by atoms with Crippen molar-refractivity contribution >= 4 is 17.7 Å². The number of rotatable bonds is 6. The zero-order chi connectivity index (χ0) is 24.7. The monoisotopic (exact) mass is 447 g/mol. The van der Waals surface area contributed by atoms with E-state index in [0.717, 1.165) is 0 Å². The van der Waals surface area contributed by atoms with E-state index < -0.39 is 0 Å². The molecule has 0 saturated heterocycles. The summed E-state index contributed by atoms with van der Waals surface area (Å²) >= 11 is 0. The quantitative estimate of drug-likeness (QED) is 0.440. The van der Waals surface area contributed by atoms with Gasteiger partial charge in [-0.1, -0.05) is 113 Å². The Morgan fingerprint density at radius 3 is 1.33 bits per heavy atom. The second-order valence-corrected chi connectivity index (χ2v) is 11.9. The molecule has 0 N–H and O–H groups in total. The molecule has 3 heteroatoms. The fraction of sp³-hybridized carbons (Fsp3) is 0.567. The predicted molar refractivity (Wildman–Crippen MR) is 146 cm³/mol. The smallest absolute Gasteiger partial charge is 0.133 e. The molecule has 0 spiro atoms. The Morgan fingerprint density at radius 1 is 0.636 bits per heavy atom. The summed E-state index contributed by atoms with van der Waals surface area (Å²) in [5.74, 6) is 1.74. The van der Waals surface area contributed by atoms with Crippen molar-refractivity contribution in [2.24, 2.45) is 10.5 Å². The molecule has 2 aromatic carbocycles. The number of para-hydroxylation sites is 2. The highest BCUT2D eigenvalue weighted by atomic mass is 15.6. The van der Waals surface area contributed by atoms with E-state index in [1.165, 1.54) is 33.6 Å². The maximum absolute atomic E-state index is 5.13. The van der Waals surface area contributed by atoms with Crippen LogP contribution in [0.3, 0.4) is 0 Å². The third-order valence-electron chi connectivity index (χ3n) is 6.74. The number of hydrazone groups is 1. The molecular formula is C30H45N3. The van der Waals surface area contributed by atoms with Gasteiger partial charge in [-0.15, -0.1) is 0 Å². The molecular weight excluding hydrogens is 402 g/mol. The predicted octanol–water partition coefficient (Wildman–Crippen LogP) is 8.82. The summed E-state index contributed by atoms with van der Waals surface area (Å²) in [6.07, 6.45) is 2.18. The van der Waals surface area contributed by atoms with E-state index in [0.29, 0.717) is 23.7 Å². The lowest BCUT2D eigenvalue weighted by atomic mass is 9.86. The van der Waals surface area contributed by atoms with Crippen LogP contribution in [0.5, 0.6) is 0 Å². The Bertz CT molecular complexity index is 866. The van der Waals surface area contributed by atoms with Crippen molar-refractivity contribution in [1.29, 1.82) is 0 Å². The summed E-state index contributed by atoms with van der Waals surface area (Å²) in [5.41, 5.74) is 8.13. The SMILES string of the molecule is CC(C)c1cccc(C(C)C)c1N1C=NN(c2c(C(C)C)cccc2C(C)C)C1C(C)(C)C. The molecule has 2 aromatic rings. The summed E-state index contributed by atoms with van der Waals surface area (Å²) in [6.45, 7) is 25.4. The standard InChI is InChI=1S/C30H45N3/c1-19(2)23-14-12-15-24(20(3)4)27(23)32-18-31-33(29(32)30(9,10)11)28-25(21(5)6)16-13-17-26(28)22(7)8/h12-22,29H,1-11H3. The Morgan fingerprint density at radius 2 is 1.00 bits per heavy atom. The molecule has 0 saturated carbocycles. The van der Waals surface area contributed by atoms with Crippen molar-refractivity contribution in [2.75, 3.05) is 9.91 Å². The van der Waals surface area contributed by atoms with Gasteiger partial charge >= 0.3 is 0 Å². The van der Waals surface area contributed by atoms with Crippen LogP contribution in [0.25, 0.3) is 0 Å². The van der Waals surface area contributed by atoms with Crippen LogP contribution in [0.1, 0.15) is 122 Å². The van der Waals surface area contributed by atoms with Gasteiger partial charge in [-0.3, -0.25) is 0 Å². The molecule has 0 amide bonds. The Kier molecular flexibility index (Phi) is 7.31. The molecule has 180 valence electrons. The van der Waals surface area contributed by atoms with Gasteiger partial charge in [-0.25, -0.2) is 5.01 Å². The van der Waals surface area contributed by atoms with Gasteiger partial charge in [-0.05, 0) is 45.9 Å². The van der Waals surface area contributed by atoms with Crippen LogP contribution in [0.4, 0.5) is 11.4 Å². The molecule has 0 fully saturated rings. The van der Waals surface area contributed by atoms with Crippen LogP contribution >= 0.6 is 0 Å². The largest absolute Gasteiger partial charge is 0.307 e. The first-order chi connectivity index (χ1) is 15.4. The normalized spacial score (nSPS) is 16.9. The second kappa shape index (κ2) is 9.52. The summed E-state index contributed by atoms with van der Waals surface area (Å²) in [5, 5.41) is 7.46. The van der Waals surface area contributed by atoms with Gasteiger partial charge in [0.1, 0.15) is 12.5 Å². The minimum Gasteiger partial charge on any atom is -0.307 e. The minimum atomic E-state index is -0.0207. The van der Waals surface area contributed by atoms with E-state index in [1.54, 1.807) is 0 Å². The first-order valence-corrected chi connectivity index (χ1v) is 12.7. The molecule has 1 aliphatic heterocycles. The molecule has 1 unspecified atom stereocenters. The number of hydrogen-bond donors (Lipinski definition) is 0. The van der Waals surface area contributed by atoms with Gasteiger partial charge < -0.3 is 4.90 Å². The van der Waals surface area contributed by atoms with Crippen molar-refractivity contribution in [3.8, 4) is 0 Å². The third kappa shape index (κ3) is 4.83. The fourth-order valence-electron chi connectivity index (χ4n) is 5.09. The van der Waals surface area contributed by atoms with E-state index in [-0.39, 0.29) is 11.6 Å². The van der Waals surface area contributed by atoms with Gasteiger partial charge in [0.15, 0.2) is 0 Å². The average Bonchev–Trinajstić information content (AvgIpc) is 3.17. The molecule has 33 heavy (non-hydrogen) atoms. The minimum absolute atomic E-state index is 0.0207. The Balaban J connectivity index is 2.27. The van der Waals surface area contributed by atoms with E-state index in [9.17, 15) is 0 Å². The molecule has 0 aliphatic carbocycles. The van der Waals surface area contributed by atoms with Crippen molar-refractivity contribution in [3.63, 3.8) is 0 Å². The van der Waals surface area contributed by atoms with E-state index in [4.69, 9.17) is 5.10 Å². The first-order valence-electron chi connectivity index (χ1n) is 12.7. The molecule has 1 atom stereocenters. The molecule has 0 aromatic heterocycles. The van der Waals surface area contributed by atoms with Crippen molar-refractivity contribution < 1.29 is 0 Å². The molecule has 3 rings (SSSR count). The van der Waals surface area contributed by atoms with Crippen LogP contribution in [0.2, 0.25) is 0 Å². The number of hydrogen-bond acceptors (Lipinski definition) is 3. The van der Waals surface area contributed by atoms with E-state index >= 15 is 0 Å². The highest BCUT2D eigenvalue weighted by Gasteiger charge is 2.42. The molecule has 3 nitrogen and oxygen atoms in total. The maximum Gasteiger partial charge on any atom is 0.133 e. The lowest BCUT2D eigenvalue weighted by molar-refractivity contribution is 0.320. The van der Waals surface area contributed by atoms with Gasteiger partial charge in [0, 0.05) is 5.41 Å². The lowest BCUT2D eigenvalue weighted by Crippen LogP contribution is -2.50. The van der Waals surface area contributed by atoms with E-state index in [1.807, 2.05) is 0 Å². The first kappa shape index (κ1) is 25.3. The highest BCUT2D eigenvalue weighted by molar-refractivity contribution is 5.88. The van der Waals surface area contributed by atoms with Crippen molar-refractivity contribution in [3.05, 3.63) is 58.7 Å². The highest BCUT2D eigenvalue weighted by Crippen LogP contribution is 2.45. The van der Waals surface area contributed by atoms with Crippen LogP contribution in [0.15, 0.2) is 41.5 Å². The van der Waals surface area contributed by atoms with Crippen LogP contribution in [-0.4, -0.2) is 12.5 Å². The van der Waals surface area contributed by atoms with Crippen molar-refractivity contribution in [1.82, 2.24) is 0 Å². The lowest BCUT2D eigenvalue weighted by Gasteiger charge is -2.42. The number of anilines is 2. The summed E-state index contributed by atoms with van der Waals surface area (Å²) < 4.78 is 0. The van der Waals surface area contributed by atoms with Gasteiger partial charge in [0.05, 0.1) is 11.4 Å². The third-order valence-corrected chi connectivity index (χ3v) is 6.74. The van der Waals surface area contributed by atoms with E-state index in [2.05, 4.69) is 129 Å². The molecule has 0 radical (unpaired) electrons. The molecule has 0 bridgehead atoms. The van der Waals surface area contributed by atoms with Crippen LogP contribution in [-0.2, 0) is 0 Å². The number of nitrogens with zero attached hydrogens (tertiary/aromatic N) is 3. The zero-order valence-corrected chi connectivity index (χ0v) is 22.8. The van der Waals surface area contributed by atoms with Crippen molar-refractivity contribution in [2.45, 2.75) is 106 Å². The second-order valence-electron chi connectivity index (χ2n) is 11.9. The molecule has 1 aliphatic rings. The Labute approximate surface area is 202 Å². The average molecular weight is 448 g/mol. The Hall–Kier alpha value is -2.29. The topological polar surface area (TPSA) is 18.8 Å². The summed E-state index contributed by atoms with van der Waals surface area (Å²) in [4.78, 5) is 2.46. The van der Waals surface area contributed by atoms with Crippen LogP contribution < -0.4 is 9.91 Å². The maximum atomic E-state index is 5.13. The summed E-state index contributed by atoms with van der Waals surface area (Å²) in [7, 11) is 0. The number of benzene rings is 2. The molecule has 1 heterocycles.